The second-order valence-electron chi connectivity index (χ2n) is 5.02. The lowest BCUT2D eigenvalue weighted by molar-refractivity contribution is -0.387. The Labute approximate surface area is 150 Å². The van der Waals surface area contributed by atoms with Crippen molar-refractivity contribution in [1.82, 2.24) is 0 Å². The average molecular weight is 432 g/mol. The Morgan fingerprint density at radius 2 is 1.96 bits per heavy atom. The minimum absolute atomic E-state index is 0.169. The number of nitrogens with zero attached hydrogens (tertiary/aromatic N) is 1. The van der Waals surface area contributed by atoms with Crippen molar-refractivity contribution in [3.8, 4) is 0 Å². The lowest BCUT2D eigenvalue weighted by atomic mass is 10.2. The van der Waals surface area contributed by atoms with Crippen LogP contribution in [0.1, 0.15) is 15.9 Å². The van der Waals surface area contributed by atoms with Crippen LogP contribution in [0.15, 0.2) is 45.8 Å². The number of sulfone groups is 1. The molecule has 0 unspecified atom stereocenters. The maximum atomic E-state index is 13.0. The van der Waals surface area contributed by atoms with Gasteiger partial charge < -0.3 is 4.74 Å². The third-order valence-corrected chi connectivity index (χ3v) is 5.05. The number of halogens is 2. The second kappa shape index (κ2) is 7.28. The van der Waals surface area contributed by atoms with Gasteiger partial charge in [-0.1, -0.05) is 22.0 Å². The smallest absolute Gasteiger partial charge is 0.338 e. The normalized spacial score (nSPS) is 11.2. The molecule has 7 nitrogen and oxygen atoms in total. The van der Waals surface area contributed by atoms with Crippen molar-refractivity contribution < 1.29 is 27.3 Å². The summed E-state index contributed by atoms with van der Waals surface area (Å²) >= 11 is 3.13. The largest absolute Gasteiger partial charge is 0.457 e. The first-order valence-corrected chi connectivity index (χ1v) is 9.37. The summed E-state index contributed by atoms with van der Waals surface area (Å²) in [6, 6.07) is 6.78. The summed E-state index contributed by atoms with van der Waals surface area (Å²) < 4.78 is 41.6. The number of carbonyl (C=O) groups is 1. The number of nitro groups is 1. The van der Waals surface area contributed by atoms with Gasteiger partial charge in [0.15, 0.2) is 9.84 Å². The standard InChI is InChI=1S/C15H11BrFNO6S/c1-25(22,23)14-5-3-9(6-13(14)18(20)21)15(19)24-8-10-2-4-11(17)7-12(10)16/h2-7H,8H2,1H3. The van der Waals surface area contributed by atoms with Crippen LogP contribution in [0, 0.1) is 15.9 Å². The number of hydrogen-bond donors (Lipinski definition) is 0. The van der Waals surface area contributed by atoms with Gasteiger partial charge in [0.2, 0.25) is 0 Å². The van der Waals surface area contributed by atoms with Crippen LogP contribution in [0.3, 0.4) is 0 Å². The number of rotatable bonds is 5. The zero-order chi connectivity index (χ0) is 18.8. The highest BCUT2D eigenvalue weighted by atomic mass is 79.9. The number of esters is 1. The van der Waals surface area contributed by atoms with E-state index in [1.54, 1.807) is 0 Å². The molecule has 0 N–H and O–H groups in total. The Bertz CT molecular complexity index is 960. The number of nitro benzene ring substituents is 1. The molecule has 0 spiro atoms. The molecule has 10 heteroatoms. The van der Waals surface area contributed by atoms with Gasteiger partial charge in [-0.3, -0.25) is 10.1 Å². The quantitative estimate of drug-likeness (QED) is 0.408. The molecule has 0 bridgehead atoms. The SMILES string of the molecule is CS(=O)(=O)c1ccc(C(=O)OCc2ccc(F)cc2Br)cc1[N+](=O)[O-]. The molecule has 2 aromatic rings. The van der Waals surface area contributed by atoms with E-state index in [1.807, 2.05) is 0 Å². The Morgan fingerprint density at radius 1 is 1.28 bits per heavy atom. The summed E-state index contributed by atoms with van der Waals surface area (Å²) in [5.41, 5.74) is -0.380. The molecule has 25 heavy (non-hydrogen) atoms. The molecule has 132 valence electrons. The van der Waals surface area contributed by atoms with Gasteiger partial charge in [0, 0.05) is 22.4 Å². The molecule has 0 radical (unpaired) electrons. The van der Waals surface area contributed by atoms with Gasteiger partial charge in [-0.05, 0) is 24.3 Å². The van der Waals surface area contributed by atoms with E-state index in [1.165, 1.54) is 18.2 Å². The number of benzene rings is 2. The minimum Gasteiger partial charge on any atom is -0.457 e. The highest BCUT2D eigenvalue weighted by Gasteiger charge is 2.24. The van der Waals surface area contributed by atoms with Gasteiger partial charge >= 0.3 is 5.97 Å². The monoisotopic (exact) mass is 431 g/mol. The fraction of sp³-hybridized carbons (Fsp3) is 0.133. The van der Waals surface area contributed by atoms with E-state index >= 15 is 0 Å². The molecule has 0 aromatic heterocycles. The van der Waals surface area contributed by atoms with Gasteiger partial charge in [-0.25, -0.2) is 17.6 Å². The molecular formula is C15H11BrFNO6S. The summed E-state index contributed by atoms with van der Waals surface area (Å²) in [6.07, 6.45) is 0.833. The molecule has 2 rings (SSSR count). The Balaban J connectivity index is 2.25. The van der Waals surface area contributed by atoms with Crippen LogP contribution >= 0.6 is 15.9 Å². The lowest BCUT2D eigenvalue weighted by Gasteiger charge is -2.08. The van der Waals surface area contributed by atoms with Gasteiger partial charge in [0.05, 0.1) is 10.5 Å². The highest BCUT2D eigenvalue weighted by Crippen LogP contribution is 2.26. The first kappa shape index (κ1) is 19.0. The van der Waals surface area contributed by atoms with E-state index in [0.29, 0.717) is 10.0 Å². The van der Waals surface area contributed by atoms with Gasteiger partial charge in [0.1, 0.15) is 17.3 Å². The summed E-state index contributed by atoms with van der Waals surface area (Å²) in [6.45, 7) is -0.193. The van der Waals surface area contributed by atoms with Crippen molar-refractivity contribution in [3.05, 3.63) is 67.9 Å². The van der Waals surface area contributed by atoms with E-state index in [4.69, 9.17) is 4.74 Å². The maximum absolute atomic E-state index is 13.0. The predicted octanol–water partition coefficient (Wildman–Crippen LogP) is 3.26. The van der Waals surface area contributed by atoms with Crippen LogP contribution in [-0.2, 0) is 21.2 Å². The molecule has 0 heterocycles. The summed E-state index contributed by atoms with van der Waals surface area (Å²) in [5, 5.41) is 11.0. The Kier molecular flexibility index (Phi) is 5.53. The van der Waals surface area contributed by atoms with Crippen LogP contribution in [0.25, 0.3) is 0 Å². The van der Waals surface area contributed by atoms with E-state index in [9.17, 15) is 27.7 Å². The highest BCUT2D eigenvalue weighted by molar-refractivity contribution is 9.10. The molecular weight excluding hydrogens is 421 g/mol. The topological polar surface area (TPSA) is 104 Å². The van der Waals surface area contributed by atoms with E-state index in [-0.39, 0.29) is 12.2 Å². The Morgan fingerprint density at radius 3 is 2.52 bits per heavy atom. The van der Waals surface area contributed by atoms with Gasteiger partial charge in [-0.15, -0.1) is 0 Å². The first-order chi connectivity index (χ1) is 11.6. The number of ether oxygens (including phenoxy) is 1. The molecule has 0 saturated carbocycles. The molecule has 0 fully saturated rings. The third-order valence-electron chi connectivity index (χ3n) is 3.16. The maximum Gasteiger partial charge on any atom is 0.338 e. The minimum atomic E-state index is -3.82. The van der Waals surface area contributed by atoms with Crippen molar-refractivity contribution in [3.63, 3.8) is 0 Å². The van der Waals surface area contributed by atoms with Gasteiger partial charge in [0.25, 0.3) is 5.69 Å². The first-order valence-electron chi connectivity index (χ1n) is 6.69. The third kappa shape index (κ3) is 4.60. The second-order valence-corrected chi connectivity index (χ2v) is 7.86. The predicted molar refractivity (Wildman–Crippen MR) is 89.4 cm³/mol. The van der Waals surface area contributed by atoms with Crippen LogP contribution in [0.4, 0.5) is 10.1 Å². The van der Waals surface area contributed by atoms with Crippen molar-refractivity contribution in [1.29, 1.82) is 0 Å². The number of hydrogen-bond acceptors (Lipinski definition) is 6. The molecule has 0 atom stereocenters. The van der Waals surface area contributed by atoms with Crippen LogP contribution < -0.4 is 0 Å². The van der Waals surface area contributed by atoms with E-state index in [2.05, 4.69) is 15.9 Å². The molecule has 0 saturated heterocycles. The van der Waals surface area contributed by atoms with Crippen LogP contribution in [0.2, 0.25) is 0 Å². The van der Waals surface area contributed by atoms with E-state index in [0.717, 1.165) is 24.5 Å². The molecule has 2 aromatic carbocycles. The van der Waals surface area contributed by atoms with Crippen molar-refractivity contribution >= 4 is 37.4 Å². The molecule has 0 aliphatic heterocycles. The summed E-state index contributed by atoms with van der Waals surface area (Å²) in [7, 11) is -3.82. The van der Waals surface area contributed by atoms with Crippen molar-refractivity contribution in [2.45, 2.75) is 11.5 Å². The molecule has 0 amide bonds. The van der Waals surface area contributed by atoms with Crippen LogP contribution in [-0.4, -0.2) is 25.6 Å². The summed E-state index contributed by atoms with van der Waals surface area (Å²) in [4.78, 5) is 21.7. The van der Waals surface area contributed by atoms with E-state index < -0.39 is 37.1 Å². The van der Waals surface area contributed by atoms with Crippen molar-refractivity contribution in [2.24, 2.45) is 0 Å². The van der Waals surface area contributed by atoms with Gasteiger partial charge in [-0.2, -0.15) is 0 Å². The van der Waals surface area contributed by atoms with Crippen molar-refractivity contribution in [2.75, 3.05) is 6.26 Å². The lowest BCUT2D eigenvalue weighted by Crippen LogP contribution is -2.09. The zero-order valence-electron chi connectivity index (χ0n) is 12.7. The molecule has 0 aliphatic rings. The van der Waals surface area contributed by atoms with Crippen LogP contribution in [0.5, 0.6) is 0 Å². The zero-order valence-corrected chi connectivity index (χ0v) is 15.1. The number of carbonyl (C=O) groups excluding carboxylic acids is 1. The fourth-order valence-corrected chi connectivity index (χ4v) is 3.26. The Hall–Kier alpha value is -2.33. The molecule has 0 aliphatic carbocycles. The average Bonchev–Trinajstić information content (AvgIpc) is 2.52. The summed E-state index contributed by atoms with van der Waals surface area (Å²) in [5.74, 6) is -1.34. The fourth-order valence-electron chi connectivity index (χ4n) is 1.97.